The zero-order chi connectivity index (χ0) is 12.8. The van der Waals surface area contributed by atoms with Crippen LogP contribution < -0.4 is 0 Å². The van der Waals surface area contributed by atoms with Gasteiger partial charge in [-0.25, -0.2) is 4.98 Å². The summed E-state index contributed by atoms with van der Waals surface area (Å²) in [4.78, 5) is 8.28. The first kappa shape index (κ1) is 10.6. The third kappa shape index (κ3) is 1.41. The number of fused-ring (bicyclic) bond motifs is 5. The maximum atomic E-state index is 4.78. The van der Waals surface area contributed by atoms with E-state index in [1.807, 2.05) is 18.2 Å². The molecule has 3 heterocycles. The largest absolute Gasteiger partial charge is 0.339 e. The molecule has 4 aromatic rings. The molecule has 0 amide bonds. The average Bonchev–Trinajstić information content (AvgIpc) is 2.95. The van der Waals surface area contributed by atoms with Crippen LogP contribution in [0.5, 0.6) is 0 Å². The Hall–Kier alpha value is -2.29. The number of aromatic amines is 1. The molecule has 0 unspecified atom stereocenters. The van der Waals surface area contributed by atoms with Crippen molar-refractivity contribution in [2.24, 2.45) is 0 Å². The lowest BCUT2D eigenvalue weighted by atomic mass is 10.1. The number of H-pyrrole nitrogens is 1. The number of aryl methyl sites for hydroxylation is 1. The summed E-state index contributed by atoms with van der Waals surface area (Å²) in [7, 11) is 0. The second kappa shape index (κ2) is 3.85. The Morgan fingerprint density at radius 3 is 3.00 bits per heavy atom. The van der Waals surface area contributed by atoms with Crippen molar-refractivity contribution < 1.29 is 0 Å². The fourth-order valence-electron chi connectivity index (χ4n) is 2.88. The van der Waals surface area contributed by atoms with Crippen molar-refractivity contribution in [2.75, 3.05) is 0 Å². The summed E-state index contributed by atoms with van der Waals surface area (Å²) >= 11 is 0. The number of rotatable bonds is 2. The lowest BCUT2D eigenvalue weighted by Crippen LogP contribution is -1.85. The standard InChI is InChI=1S/C16H15N3/c1-2-6-11-7-5-8-12-14(11)15-16(17-12)19-10-4-3-9-13(19)18-15/h3-5,7-10,17H,2,6H2,1H3. The van der Waals surface area contributed by atoms with Crippen LogP contribution >= 0.6 is 0 Å². The summed E-state index contributed by atoms with van der Waals surface area (Å²) < 4.78 is 2.12. The van der Waals surface area contributed by atoms with Gasteiger partial charge in [0, 0.05) is 17.1 Å². The molecule has 3 aromatic heterocycles. The first-order chi connectivity index (χ1) is 9.38. The Bertz CT molecular complexity index is 883. The van der Waals surface area contributed by atoms with E-state index in [4.69, 9.17) is 4.98 Å². The first-order valence-corrected chi connectivity index (χ1v) is 6.75. The fourth-order valence-corrected chi connectivity index (χ4v) is 2.88. The molecule has 1 aromatic carbocycles. The van der Waals surface area contributed by atoms with Gasteiger partial charge in [0.25, 0.3) is 0 Å². The average molecular weight is 249 g/mol. The number of nitrogens with one attached hydrogen (secondary N) is 1. The van der Waals surface area contributed by atoms with Crippen LogP contribution in [0, 0.1) is 0 Å². The minimum absolute atomic E-state index is 0.997. The number of aromatic nitrogens is 3. The van der Waals surface area contributed by atoms with E-state index in [-0.39, 0.29) is 0 Å². The molecule has 0 saturated carbocycles. The van der Waals surface area contributed by atoms with Gasteiger partial charge in [0.2, 0.25) is 0 Å². The third-order valence-electron chi connectivity index (χ3n) is 3.69. The molecule has 0 aliphatic heterocycles. The zero-order valence-electron chi connectivity index (χ0n) is 10.9. The quantitative estimate of drug-likeness (QED) is 0.574. The molecule has 3 nitrogen and oxygen atoms in total. The van der Waals surface area contributed by atoms with Gasteiger partial charge < -0.3 is 4.98 Å². The smallest absolute Gasteiger partial charge is 0.143 e. The van der Waals surface area contributed by atoms with E-state index < -0.39 is 0 Å². The molecule has 0 saturated heterocycles. The predicted octanol–water partition coefficient (Wildman–Crippen LogP) is 3.92. The molecule has 94 valence electrons. The molecule has 0 atom stereocenters. The summed E-state index contributed by atoms with van der Waals surface area (Å²) in [6.07, 6.45) is 4.30. The van der Waals surface area contributed by atoms with Crippen molar-refractivity contribution in [3.63, 3.8) is 0 Å². The Morgan fingerprint density at radius 1 is 1.16 bits per heavy atom. The molecule has 0 aliphatic carbocycles. The lowest BCUT2D eigenvalue weighted by Gasteiger charge is -2.00. The lowest BCUT2D eigenvalue weighted by molar-refractivity contribution is 0.930. The van der Waals surface area contributed by atoms with Gasteiger partial charge >= 0.3 is 0 Å². The molecular weight excluding hydrogens is 234 g/mol. The van der Waals surface area contributed by atoms with Gasteiger partial charge in [-0.15, -0.1) is 0 Å². The van der Waals surface area contributed by atoms with E-state index >= 15 is 0 Å². The first-order valence-electron chi connectivity index (χ1n) is 6.75. The Labute approximate surface area is 110 Å². The minimum atomic E-state index is 0.997. The Morgan fingerprint density at radius 2 is 2.11 bits per heavy atom. The molecule has 0 fully saturated rings. The van der Waals surface area contributed by atoms with Crippen molar-refractivity contribution in [2.45, 2.75) is 19.8 Å². The third-order valence-corrected chi connectivity index (χ3v) is 3.69. The van der Waals surface area contributed by atoms with Gasteiger partial charge in [-0.05, 0) is 30.2 Å². The van der Waals surface area contributed by atoms with Crippen LogP contribution in [0.3, 0.4) is 0 Å². The second-order valence-electron chi connectivity index (χ2n) is 4.95. The van der Waals surface area contributed by atoms with Gasteiger partial charge in [-0.2, -0.15) is 0 Å². The minimum Gasteiger partial charge on any atom is -0.339 e. The molecule has 4 rings (SSSR count). The fraction of sp³-hybridized carbons (Fsp3) is 0.188. The summed E-state index contributed by atoms with van der Waals surface area (Å²) in [5.74, 6) is 0. The monoisotopic (exact) mass is 249 g/mol. The van der Waals surface area contributed by atoms with E-state index in [1.165, 1.54) is 16.5 Å². The highest BCUT2D eigenvalue weighted by molar-refractivity contribution is 6.07. The SMILES string of the molecule is CCCc1cccc2[nH]c3c(nc4ccccn43)c12. The number of imidazole rings is 1. The molecule has 19 heavy (non-hydrogen) atoms. The van der Waals surface area contributed by atoms with Gasteiger partial charge in [0.15, 0.2) is 0 Å². The molecular formula is C16H15N3. The van der Waals surface area contributed by atoms with E-state index in [0.29, 0.717) is 0 Å². The van der Waals surface area contributed by atoms with Crippen molar-refractivity contribution in [3.8, 4) is 0 Å². The molecule has 0 spiro atoms. The van der Waals surface area contributed by atoms with E-state index in [2.05, 4.69) is 40.7 Å². The number of hydrogen-bond acceptors (Lipinski definition) is 1. The van der Waals surface area contributed by atoms with Crippen molar-refractivity contribution in [1.82, 2.24) is 14.4 Å². The number of nitrogens with zero attached hydrogens (tertiary/aromatic N) is 2. The van der Waals surface area contributed by atoms with Crippen LogP contribution in [0.2, 0.25) is 0 Å². The van der Waals surface area contributed by atoms with Crippen LogP contribution in [0.25, 0.3) is 27.7 Å². The Kier molecular flexibility index (Phi) is 2.15. The highest BCUT2D eigenvalue weighted by Crippen LogP contribution is 2.29. The maximum absolute atomic E-state index is 4.78. The van der Waals surface area contributed by atoms with Crippen molar-refractivity contribution >= 4 is 27.7 Å². The highest BCUT2D eigenvalue weighted by Gasteiger charge is 2.13. The topological polar surface area (TPSA) is 33.1 Å². The Balaban J connectivity index is 2.19. The van der Waals surface area contributed by atoms with E-state index in [0.717, 1.165) is 29.7 Å². The van der Waals surface area contributed by atoms with Crippen LogP contribution in [-0.4, -0.2) is 14.4 Å². The molecule has 3 heteroatoms. The summed E-state index contributed by atoms with van der Waals surface area (Å²) in [5, 5.41) is 1.28. The van der Waals surface area contributed by atoms with Crippen LogP contribution in [0.4, 0.5) is 0 Å². The van der Waals surface area contributed by atoms with Gasteiger partial charge in [0.1, 0.15) is 16.8 Å². The molecule has 0 aliphatic rings. The van der Waals surface area contributed by atoms with Gasteiger partial charge in [-0.1, -0.05) is 31.5 Å². The van der Waals surface area contributed by atoms with Crippen molar-refractivity contribution in [3.05, 3.63) is 48.2 Å². The van der Waals surface area contributed by atoms with E-state index in [1.54, 1.807) is 0 Å². The van der Waals surface area contributed by atoms with Gasteiger partial charge in [-0.3, -0.25) is 4.40 Å². The van der Waals surface area contributed by atoms with Crippen LogP contribution in [0.15, 0.2) is 42.6 Å². The molecule has 0 bridgehead atoms. The van der Waals surface area contributed by atoms with Crippen LogP contribution in [-0.2, 0) is 6.42 Å². The number of hydrogen-bond donors (Lipinski definition) is 1. The number of pyridine rings is 1. The predicted molar refractivity (Wildman–Crippen MR) is 78.5 cm³/mol. The summed E-state index contributed by atoms with van der Waals surface area (Å²) in [6.45, 7) is 2.21. The normalized spacial score (nSPS) is 11.8. The summed E-state index contributed by atoms with van der Waals surface area (Å²) in [5.41, 5.74) is 5.74. The van der Waals surface area contributed by atoms with Crippen molar-refractivity contribution in [1.29, 1.82) is 0 Å². The maximum Gasteiger partial charge on any atom is 0.143 e. The molecule has 0 radical (unpaired) electrons. The molecule has 1 N–H and O–H groups in total. The number of benzene rings is 1. The second-order valence-corrected chi connectivity index (χ2v) is 4.95. The van der Waals surface area contributed by atoms with Crippen LogP contribution in [0.1, 0.15) is 18.9 Å². The van der Waals surface area contributed by atoms with E-state index in [9.17, 15) is 0 Å². The zero-order valence-corrected chi connectivity index (χ0v) is 10.9. The highest BCUT2D eigenvalue weighted by atomic mass is 15.1. The van der Waals surface area contributed by atoms with Gasteiger partial charge in [0.05, 0.1) is 0 Å². The summed E-state index contributed by atoms with van der Waals surface area (Å²) in [6, 6.07) is 12.6.